The number of hydrogen-bond donors (Lipinski definition) is 1. The summed E-state index contributed by atoms with van der Waals surface area (Å²) in [5, 5.41) is 17.0. The molecule has 0 saturated heterocycles. The third-order valence-corrected chi connectivity index (χ3v) is 1.70. The first-order valence-electron chi connectivity index (χ1n) is 3.90. The Balaban J connectivity index is 2.72. The summed E-state index contributed by atoms with van der Waals surface area (Å²) in [6.07, 6.45) is 0.530. The van der Waals surface area contributed by atoms with E-state index in [1.54, 1.807) is 12.1 Å². The van der Waals surface area contributed by atoms with Crippen LogP contribution in [-0.2, 0) is 6.42 Å². The average Bonchev–Trinajstić information content (AvgIpc) is 2.19. The van der Waals surface area contributed by atoms with Crippen molar-refractivity contribution in [1.82, 2.24) is 0 Å². The van der Waals surface area contributed by atoms with Crippen molar-refractivity contribution in [1.29, 1.82) is 10.5 Å². The summed E-state index contributed by atoms with van der Waals surface area (Å²) in [5.41, 5.74) is 7.05. The van der Waals surface area contributed by atoms with Gasteiger partial charge in [0.25, 0.3) is 0 Å². The molecule has 0 unspecified atom stereocenters. The Bertz CT molecular complexity index is 353. The molecule has 0 saturated carbocycles. The van der Waals surface area contributed by atoms with Crippen LogP contribution in [0.3, 0.4) is 0 Å². The molecule has 0 aliphatic heterocycles. The Kier molecular flexibility index (Phi) is 3.03. The fourth-order valence-electron chi connectivity index (χ4n) is 1.01. The summed E-state index contributed by atoms with van der Waals surface area (Å²) in [6.45, 7) is 0. The molecule has 1 aromatic carbocycles. The second-order valence-electron chi connectivity index (χ2n) is 2.75. The maximum Gasteiger partial charge on any atom is 0.0991 e. The molecule has 0 heterocycles. The quantitative estimate of drug-likeness (QED) is 0.719. The van der Waals surface area contributed by atoms with Gasteiger partial charge in [-0.1, -0.05) is 12.1 Å². The lowest BCUT2D eigenvalue weighted by Crippen LogP contribution is -2.19. The first-order valence-corrected chi connectivity index (χ1v) is 3.90. The van der Waals surface area contributed by atoms with E-state index in [0.717, 1.165) is 5.56 Å². The monoisotopic (exact) mass is 171 g/mol. The van der Waals surface area contributed by atoms with Crippen LogP contribution in [0, 0.1) is 22.7 Å². The molecule has 1 atom stereocenters. The Labute approximate surface area is 77.0 Å². The fourth-order valence-corrected chi connectivity index (χ4v) is 1.01. The lowest BCUT2D eigenvalue weighted by atomic mass is 10.1. The van der Waals surface area contributed by atoms with E-state index in [9.17, 15) is 0 Å². The summed E-state index contributed by atoms with van der Waals surface area (Å²) in [7, 11) is 0. The third kappa shape index (κ3) is 2.59. The zero-order valence-electron chi connectivity index (χ0n) is 7.07. The van der Waals surface area contributed by atoms with Crippen molar-refractivity contribution in [2.45, 2.75) is 12.5 Å². The van der Waals surface area contributed by atoms with Crippen LogP contribution in [0.1, 0.15) is 11.1 Å². The van der Waals surface area contributed by atoms with Crippen molar-refractivity contribution in [3.05, 3.63) is 35.4 Å². The molecular weight excluding hydrogens is 162 g/mol. The SMILES string of the molecule is N#Cc1ccc(C[C@H](N)C#N)cc1. The maximum absolute atomic E-state index is 8.53. The van der Waals surface area contributed by atoms with Crippen molar-refractivity contribution in [2.75, 3.05) is 0 Å². The molecule has 0 aliphatic rings. The summed E-state index contributed by atoms with van der Waals surface area (Å²) >= 11 is 0. The van der Waals surface area contributed by atoms with E-state index in [0.29, 0.717) is 12.0 Å². The predicted octanol–water partition coefficient (Wildman–Crippen LogP) is 0.952. The van der Waals surface area contributed by atoms with Gasteiger partial charge in [-0.3, -0.25) is 0 Å². The van der Waals surface area contributed by atoms with E-state index in [4.69, 9.17) is 16.3 Å². The second-order valence-corrected chi connectivity index (χ2v) is 2.75. The Morgan fingerprint density at radius 3 is 2.31 bits per heavy atom. The van der Waals surface area contributed by atoms with Crippen LogP contribution >= 0.6 is 0 Å². The van der Waals surface area contributed by atoms with Gasteiger partial charge in [-0.15, -0.1) is 0 Å². The minimum absolute atomic E-state index is 0.465. The van der Waals surface area contributed by atoms with Gasteiger partial charge in [0.15, 0.2) is 0 Å². The second kappa shape index (κ2) is 4.25. The first-order chi connectivity index (χ1) is 6.26. The summed E-state index contributed by atoms with van der Waals surface area (Å²) in [5.74, 6) is 0. The van der Waals surface area contributed by atoms with Crippen molar-refractivity contribution in [2.24, 2.45) is 5.73 Å². The van der Waals surface area contributed by atoms with Crippen molar-refractivity contribution in [3.63, 3.8) is 0 Å². The topological polar surface area (TPSA) is 73.6 Å². The van der Waals surface area contributed by atoms with E-state index >= 15 is 0 Å². The highest BCUT2D eigenvalue weighted by Crippen LogP contribution is 2.04. The van der Waals surface area contributed by atoms with Crippen LogP contribution < -0.4 is 5.73 Å². The number of nitrogens with two attached hydrogens (primary N) is 1. The summed E-state index contributed by atoms with van der Waals surface area (Å²) in [4.78, 5) is 0. The summed E-state index contributed by atoms with van der Waals surface area (Å²) in [6, 6.07) is 10.6. The molecular formula is C10H9N3. The van der Waals surface area contributed by atoms with Crippen molar-refractivity contribution >= 4 is 0 Å². The van der Waals surface area contributed by atoms with Crippen LogP contribution in [0.2, 0.25) is 0 Å². The maximum atomic E-state index is 8.53. The molecule has 2 N–H and O–H groups in total. The number of rotatable bonds is 2. The molecule has 13 heavy (non-hydrogen) atoms. The van der Waals surface area contributed by atoms with E-state index < -0.39 is 6.04 Å². The smallest absolute Gasteiger partial charge is 0.0991 e. The molecule has 0 fully saturated rings. The molecule has 0 aliphatic carbocycles. The third-order valence-electron chi connectivity index (χ3n) is 1.70. The lowest BCUT2D eigenvalue weighted by Gasteiger charge is -2.01. The van der Waals surface area contributed by atoms with Crippen LogP contribution in [0.15, 0.2) is 24.3 Å². The predicted molar refractivity (Wildman–Crippen MR) is 48.4 cm³/mol. The van der Waals surface area contributed by atoms with Crippen LogP contribution in [0.4, 0.5) is 0 Å². The van der Waals surface area contributed by atoms with Crippen LogP contribution in [-0.4, -0.2) is 6.04 Å². The van der Waals surface area contributed by atoms with Crippen molar-refractivity contribution in [3.8, 4) is 12.1 Å². The van der Waals surface area contributed by atoms with Gasteiger partial charge < -0.3 is 5.73 Å². The summed E-state index contributed by atoms with van der Waals surface area (Å²) < 4.78 is 0. The zero-order chi connectivity index (χ0) is 9.68. The molecule has 0 aromatic heterocycles. The largest absolute Gasteiger partial charge is 0.316 e. The molecule has 0 bridgehead atoms. The average molecular weight is 171 g/mol. The van der Waals surface area contributed by atoms with Crippen molar-refractivity contribution < 1.29 is 0 Å². The standard InChI is InChI=1S/C10H9N3/c11-6-9-3-1-8(2-4-9)5-10(13)7-12/h1-4,10H,5,13H2/t10-/m0/s1. The van der Waals surface area contributed by atoms with E-state index in [-0.39, 0.29) is 0 Å². The zero-order valence-corrected chi connectivity index (χ0v) is 7.07. The van der Waals surface area contributed by atoms with Crippen LogP contribution in [0.25, 0.3) is 0 Å². The highest BCUT2D eigenvalue weighted by molar-refractivity contribution is 5.32. The van der Waals surface area contributed by atoms with E-state index in [1.807, 2.05) is 24.3 Å². The van der Waals surface area contributed by atoms with Gasteiger partial charge in [-0.25, -0.2) is 0 Å². The van der Waals surface area contributed by atoms with Gasteiger partial charge >= 0.3 is 0 Å². The number of hydrogen-bond acceptors (Lipinski definition) is 3. The Morgan fingerprint density at radius 1 is 1.23 bits per heavy atom. The van der Waals surface area contributed by atoms with Gasteiger partial charge in [0.05, 0.1) is 23.7 Å². The normalized spacial score (nSPS) is 11.3. The van der Waals surface area contributed by atoms with Gasteiger partial charge in [0.1, 0.15) is 0 Å². The van der Waals surface area contributed by atoms with E-state index in [1.165, 1.54) is 0 Å². The Hall–Kier alpha value is -1.84. The molecule has 1 rings (SSSR count). The molecule has 0 radical (unpaired) electrons. The molecule has 3 nitrogen and oxygen atoms in total. The molecule has 3 heteroatoms. The first kappa shape index (κ1) is 9.25. The molecule has 0 spiro atoms. The van der Waals surface area contributed by atoms with Crippen LogP contribution in [0.5, 0.6) is 0 Å². The molecule has 0 amide bonds. The highest BCUT2D eigenvalue weighted by Gasteiger charge is 2.01. The van der Waals surface area contributed by atoms with E-state index in [2.05, 4.69) is 0 Å². The number of nitriles is 2. The minimum atomic E-state index is -0.465. The van der Waals surface area contributed by atoms with Gasteiger partial charge in [0.2, 0.25) is 0 Å². The fraction of sp³-hybridized carbons (Fsp3) is 0.200. The van der Waals surface area contributed by atoms with Gasteiger partial charge in [-0.05, 0) is 17.7 Å². The number of nitrogens with zero attached hydrogens (tertiary/aromatic N) is 2. The molecule has 1 aromatic rings. The lowest BCUT2D eigenvalue weighted by molar-refractivity contribution is 0.823. The number of benzene rings is 1. The highest BCUT2D eigenvalue weighted by atomic mass is 14.6. The minimum Gasteiger partial charge on any atom is -0.316 e. The molecule has 64 valence electrons. The van der Waals surface area contributed by atoms with Gasteiger partial charge in [-0.2, -0.15) is 10.5 Å². The Morgan fingerprint density at radius 2 is 1.85 bits per heavy atom. The van der Waals surface area contributed by atoms with Gasteiger partial charge in [0, 0.05) is 6.42 Å².